The molecule has 136 valence electrons. The number of carbonyl (C=O) groups is 1. The van der Waals surface area contributed by atoms with Gasteiger partial charge in [-0.3, -0.25) is 4.79 Å². The van der Waals surface area contributed by atoms with Crippen LogP contribution in [0.25, 0.3) is 16.7 Å². The first-order chi connectivity index (χ1) is 12.1. The van der Waals surface area contributed by atoms with E-state index in [1.165, 1.54) is 6.92 Å². The molecule has 3 rings (SSSR count). The molecule has 26 heavy (non-hydrogen) atoms. The zero-order chi connectivity index (χ0) is 19.1. The van der Waals surface area contributed by atoms with E-state index in [0.717, 1.165) is 12.3 Å². The zero-order valence-corrected chi connectivity index (χ0v) is 14.8. The molecular formula is C17H18F2N6O. The van der Waals surface area contributed by atoms with Crippen molar-refractivity contribution in [2.24, 2.45) is 0 Å². The van der Waals surface area contributed by atoms with Gasteiger partial charge in [-0.25, -0.2) is 15.0 Å². The highest BCUT2D eigenvalue weighted by Gasteiger charge is 2.30. The van der Waals surface area contributed by atoms with Crippen molar-refractivity contribution in [1.29, 1.82) is 0 Å². The van der Waals surface area contributed by atoms with Crippen molar-refractivity contribution in [1.82, 2.24) is 19.5 Å². The number of carbonyl (C=O) groups excluding carboxylic acids is 1. The number of alkyl halides is 2. The van der Waals surface area contributed by atoms with Gasteiger partial charge >= 0.3 is 5.92 Å². The van der Waals surface area contributed by atoms with E-state index >= 15 is 0 Å². The average Bonchev–Trinajstić information content (AvgIpc) is 2.96. The molecule has 1 amide bonds. The number of rotatable bonds is 4. The highest BCUT2D eigenvalue weighted by atomic mass is 19.3. The molecule has 0 saturated carbocycles. The minimum Gasteiger partial charge on any atom is -0.363 e. The summed E-state index contributed by atoms with van der Waals surface area (Å²) in [5, 5.41) is 3.39. The summed E-state index contributed by atoms with van der Waals surface area (Å²) in [6.45, 7) is 2.15. The third-order valence-electron chi connectivity index (χ3n) is 3.68. The molecule has 0 aromatic carbocycles. The SMILES string of the molecule is CC(=O)Nc1cc2c(ccn2-c2cc(N(C)C)nc(C(C)(F)F)n2)cn1. The molecule has 0 saturated heterocycles. The van der Waals surface area contributed by atoms with Gasteiger partial charge in [0, 0.05) is 57.9 Å². The van der Waals surface area contributed by atoms with Crippen LogP contribution in [0.4, 0.5) is 20.4 Å². The molecule has 0 fully saturated rings. The molecule has 3 aromatic heterocycles. The second kappa shape index (κ2) is 6.32. The van der Waals surface area contributed by atoms with Crippen LogP contribution in [0.15, 0.2) is 30.6 Å². The lowest BCUT2D eigenvalue weighted by Crippen LogP contribution is -2.19. The van der Waals surface area contributed by atoms with Crippen LogP contribution >= 0.6 is 0 Å². The highest BCUT2D eigenvalue weighted by molar-refractivity contribution is 5.91. The average molecular weight is 360 g/mol. The van der Waals surface area contributed by atoms with Gasteiger partial charge in [0.2, 0.25) is 11.7 Å². The van der Waals surface area contributed by atoms with E-state index in [4.69, 9.17) is 0 Å². The van der Waals surface area contributed by atoms with Crippen molar-refractivity contribution in [3.8, 4) is 5.82 Å². The molecule has 0 unspecified atom stereocenters. The Morgan fingerprint density at radius 3 is 2.62 bits per heavy atom. The maximum Gasteiger partial charge on any atom is 0.303 e. The molecule has 1 N–H and O–H groups in total. The van der Waals surface area contributed by atoms with Crippen molar-refractivity contribution in [2.75, 3.05) is 24.3 Å². The Bertz CT molecular complexity index is 977. The highest BCUT2D eigenvalue weighted by Crippen LogP contribution is 2.28. The number of halogens is 2. The lowest BCUT2D eigenvalue weighted by Gasteiger charge is -2.17. The summed E-state index contributed by atoms with van der Waals surface area (Å²) in [5.74, 6) is -2.95. The lowest BCUT2D eigenvalue weighted by molar-refractivity contribution is -0.114. The maximum atomic E-state index is 13.8. The summed E-state index contributed by atoms with van der Waals surface area (Å²) < 4.78 is 29.3. The van der Waals surface area contributed by atoms with Gasteiger partial charge in [-0.1, -0.05) is 0 Å². The molecule has 0 aliphatic carbocycles. The summed E-state index contributed by atoms with van der Waals surface area (Å²) in [5.41, 5.74) is 0.678. The predicted octanol–water partition coefficient (Wildman–Crippen LogP) is 2.95. The third kappa shape index (κ3) is 3.46. The van der Waals surface area contributed by atoms with Gasteiger partial charge in [0.1, 0.15) is 17.5 Å². The smallest absolute Gasteiger partial charge is 0.303 e. The molecule has 0 atom stereocenters. The minimum absolute atomic E-state index is 0.250. The standard InChI is InChI=1S/C17H18F2N6O/c1-10(26)21-13-7-12-11(9-20-13)5-6-25(12)15-8-14(24(3)4)22-16(23-15)17(2,18)19/h5-9H,1-4H3,(H,20,21,26). The van der Waals surface area contributed by atoms with Crippen LogP contribution in [0, 0.1) is 0 Å². The van der Waals surface area contributed by atoms with Crippen molar-refractivity contribution in [3.63, 3.8) is 0 Å². The van der Waals surface area contributed by atoms with Gasteiger partial charge in [0.05, 0.1) is 5.52 Å². The van der Waals surface area contributed by atoms with E-state index in [0.29, 0.717) is 23.0 Å². The van der Waals surface area contributed by atoms with Gasteiger partial charge < -0.3 is 14.8 Å². The number of anilines is 2. The van der Waals surface area contributed by atoms with Gasteiger partial charge in [-0.15, -0.1) is 0 Å². The summed E-state index contributed by atoms with van der Waals surface area (Å²) in [6, 6.07) is 5.08. The maximum absolute atomic E-state index is 13.8. The second-order valence-corrected chi connectivity index (χ2v) is 6.19. The number of hydrogen-bond acceptors (Lipinski definition) is 5. The van der Waals surface area contributed by atoms with Crippen LogP contribution in [0.1, 0.15) is 19.7 Å². The van der Waals surface area contributed by atoms with Crippen molar-refractivity contribution in [2.45, 2.75) is 19.8 Å². The van der Waals surface area contributed by atoms with E-state index in [-0.39, 0.29) is 5.91 Å². The normalized spacial score (nSPS) is 11.6. The summed E-state index contributed by atoms with van der Waals surface area (Å²) in [4.78, 5) is 25.0. The fourth-order valence-corrected chi connectivity index (χ4v) is 2.45. The fraction of sp³-hybridized carbons (Fsp3) is 0.294. The first kappa shape index (κ1) is 17.7. The van der Waals surface area contributed by atoms with Gasteiger partial charge in [-0.2, -0.15) is 8.78 Å². The monoisotopic (exact) mass is 360 g/mol. The zero-order valence-electron chi connectivity index (χ0n) is 14.8. The number of pyridine rings is 1. The number of fused-ring (bicyclic) bond motifs is 1. The summed E-state index contributed by atoms with van der Waals surface area (Å²) >= 11 is 0. The predicted molar refractivity (Wildman–Crippen MR) is 94.9 cm³/mol. The number of hydrogen-bond donors (Lipinski definition) is 1. The molecule has 0 bridgehead atoms. The van der Waals surface area contributed by atoms with Crippen LogP contribution in [-0.2, 0) is 10.7 Å². The Hall–Kier alpha value is -3.10. The van der Waals surface area contributed by atoms with Crippen LogP contribution in [0.2, 0.25) is 0 Å². The second-order valence-electron chi connectivity index (χ2n) is 6.19. The number of aromatic nitrogens is 4. The van der Waals surface area contributed by atoms with E-state index in [1.807, 2.05) is 0 Å². The Morgan fingerprint density at radius 1 is 1.27 bits per heavy atom. The molecule has 0 spiro atoms. The first-order valence-corrected chi connectivity index (χ1v) is 7.85. The van der Waals surface area contributed by atoms with Crippen LogP contribution < -0.4 is 10.2 Å². The fourth-order valence-electron chi connectivity index (χ4n) is 2.45. The molecular weight excluding hydrogens is 342 g/mol. The molecule has 0 aliphatic heterocycles. The van der Waals surface area contributed by atoms with Crippen molar-refractivity contribution >= 4 is 28.4 Å². The Labute approximate surface area is 148 Å². The van der Waals surface area contributed by atoms with E-state index in [2.05, 4.69) is 20.3 Å². The van der Waals surface area contributed by atoms with Crippen LogP contribution in [-0.4, -0.2) is 39.5 Å². The Morgan fingerprint density at radius 2 is 2.00 bits per heavy atom. The molecule has 9 heteroatoms. The summed E-state index contributed by atoms with van der Waals surface area (Å²) in [7, 11) is 3.44. The van der Waals surface area contributed by atoms with E-state index in [9.17, 15) is 13.6 Å². The molecule has 0 radical (unpaired) electrons. The van der Waals surface area contributed by atoms with Crippen molar-refractivity contribution in [3.05, 3.63) is 36.4 Å². The summed E-state index contributed by atoms with van der Waals surface area (Å²) in [6.07, 6.45) is 3.31. The topological polar surface area (TPSA) is 75.9 Å². The first-order valence-electron chi connectivity index (χ1n) is 7.85. The van der Waals surface area contributed by atoms with Gasteiger partial charge in [0.25, 0.3) is 0 Å². The third-order valence-corrected chi connectivity index (χ3v) is 3.68. The van der Waals surface area contributed by atoms with Crippen LogP contribution in [0.5, 0.6) is 0 Å². The van der Waals surface area contributed by atoms with Gasteiger partial charge in [0.15, 0.2) is 0 Å². The van der Waals surface area contributed by atoms with E-state index < -0.39 is 11.7 Å². The Kier molecular flexibility index (Phi) is 4.31. The molecule has 7 nitrogen and oxygen atoms in total. The lowest BCUT2D eigenvalue weighted by atomic mass is 10.3. The van der Waals surface area contributed by atoms with Crippen LogP contribution in [0.3, 0.4) is 0 Å². The number of nitrogens with zero attached hydrogens (tertiary/aromatic N) is 5. The quantitative estimate of drug-likeness (QED) is 0.774. The molecule has 0 aliphatic rings. The Balaban J connectivity index is 2.19. The number of nitrogens with one attached hydrogen (secondary N) is 1. The molecule has 3 heterocycles. The van der Waals surface area contributed by atoms with Gasteiger partial charge in [-0.05, 0) is 6.07 Å². The van der Waals surface area contributed by atoms with E-state index in [1.54, 1.807) is 54.2 Å². The molecule has 3 aromatic rings. The number of amides is 1. The van der Waals surface area contributed by atoms with Crippen molar-refractivity contribution < 1.29 is 13.6 Å². The minimum atomic E-state index is -3.17. The largest absolute Gasteiger partial charge is 0.363 e.